The van der Waals surface area contributed by atoms with Crippen LogP contribution in [0.3, 0.4) is 0 Å². The maximum absolute atomic E-state index is 12.2. The second kappa shape index (κ2) is 6.13. The predicted molar refractivity (Wildman–Crippen MR) is 79.7 cm³/mol. The summed E-state index contributed by atoms with van der Waals surface area (Å²) in [5, 5.41) is 9.45. The normalized spacial score (nSPS) is 15.9. The number of amides is 1. The van der Waals surface area contributed by atoms with E-state index in [0.29, 0.717) is 19.4 Å². The van der Waals surface area contributed by atoms with Gasteiger partial charge in [0.1, 0.15) is 0 Å². The third-order valence-corrected chi connectivity index (χ3v) is 5.04. The average molecular weight is 312 g/mol. The number of aliphatic hydroxyl groups excluding tert-OH is 1. The van der Waals surface area contributed by atoms with E-state index in [-0.39, 0.29) is 17.3 Å². The molecule has 1 aliphatic rings. The number of fused-ring (bicyclic) bond motifs is 1. The fourth-order valence-electron chi connectivity index (χ4n) is 2.31. The molecule has 1 aromatic carbocycles. The van der Waals surface area contributed by atoms with Crippen molar-refractivity contribution < 1.29 is 18.3 Å². The molecule has 1 atom stereocenters. The first-order valence-corrected chi connectivity index (χ1v) is 8.42. The first kappa shape index (κ1) is 15.9. The molecule has 0 aliphatic carbocycles. The van der Waals surface area contributed by atoms with Gasteiger partial charge in [-0.1, -0.05) is 6.92 Å². The molecule has 0 bridgehead atoms. The van der Waals surface area contributed by atoms with E-state index in [2.05, 4.69) is 4.72 Å². The van der Waals surface area contributed by atoms with Crippen LogP contribution in [0.1, 0.15) is 25.8 Å². The lowest BCUT2D eigenvalue weighted by Gasteiger charge is -2.15. The molecule has 2 N–H and O–H groups in total. The molecule has 1 aliphatic heterocycles. The van der Waals surface area contributed by atoms with Gasteiger partial charge in [-0.25, -0.2) is 13.1 Å². The van der Waals surface area contributed by atoms with Crippen molar-refractivity contribution >= 4 is 21.6 Å². The summed E-state index contributed by atoms with van der Waals surface area (Å²) in [5.74, 6) is -0.0476. The summed E-state index contributed by atoms with van der Waals surface area (Å²) >= 11 is 0. The number of nitrogens with zero attached hydrogens (tertiary/aromatic N) is 1. The number of sulfonamides is 1. The monoisotopic (exact) mass is 312 g/mol. The lowest BCUT2D eigenvalue weighted by Crippen LogP contribution is -2.31. The van der Waals surface area contributed by atoms with Gasteiger partial charge in [0.2, 0.25) is 15.9 Å². The largest absolute Gasteiger partial charge is 0.392 e. The van der Waals surface area contributed by atoms with Crippen molar-refractivity contribution in [2.24, 2.45) is 0 Å². The topological polar surface area (TPSA) is 86.7 Å². The van der Waals surface area contributed by atoms with Gasteiger partial charge in [-0.05, 0) is 36.6 Å². The Kier molecular flexibility index (Phi) is 4.65. The molecule has 0 saturated carbocycles. The maximum Gasteiger partial charge on any atom is 0.240 e. The van der Waals surface area contributed by atoms with Crippen LogP contribution >= 0.6 is 0 Å². The van der Waals surface area contributed by atoms with E-state index in [9.17, 15) is 18.3 Å². The number of carbonyl (C=O) groups excluding carboxylic acids is 1. The molecule has 2 rings (SSSR count). The van der Waals surface area contributed by atoms with E-state index in [4.69, 9.17) is 0 Å². The smallest absolute Gasteiger partial charge is 0.240 e. The zero-order chi connectivity index (χ0) is 15.6. The second-order valence-electron chi connectivity index (χ2n) is 5.13. The Morgan fingerprint density at radius 1 is 1.48 bits per heavy atom. The Balaban J connectivity index is 2.21. The Hall–Kier alpha value is -1.44. The van der Waals surface area contributed by atoms with E-state index in [1.165, 1.54) is 13.0 Å². The molecule has 0 aromatic heterocycles. The van der Waals surface area contributed by atoms with E-state index >= 15 is 0 Å². The van der Waals surface area contributed by atoms with Gasteiger partial charge in [0.15, 0.2) is 0 Å². The highest BCUT2D eigenvalue weighted by molar-refractivity contribution is 7.89. The third kappa shape index (κ3) is 3.42. The van der Waals surface area contributed by atoms with Crippen molar-refractivity contribution in [1.82, 2.24) is 4.72 Å². The van der Waals surface area contributed by atoms with Gasteiger partial charge in [0.25, 0.3) is 0 Å². The number of anilines is 1. The van der Waals surface area contributed by atoms with Crippen LogP contribution in [0.5, 0.6) is 0 Å². The molecule has 21 heavy (non-hydrogen) atoms. The zero-order valence-corrected chi connectivity index (χ0v) is 13.0. The minimum Gasteiger partial charge on any atom is -0.392 e. The summed E-state index contributed by atoms with van der Waals surface area (Å²) in [6.45, 7) is 3.85. The molecular formula is C14H20N2O4S. The molecule has 1 amide bonds. The summed E-state index contributed by atoms with van der Waals surface area (Å²) in [4.78, 5) is 13.3. The SMILES string of the molecule is CCC(O)CNS(=O)(=O)c1ccc2c(c1)CCN2C(C)=O. The van der Waals surface area contributed by atoms with E-state index in [1.54, 1.807) is 24.0 Å². The highest BCUT2D eigenvalue weighted by Crippen LogP contribution is 2.30. The van der Waals surface area contributed by atoms with Gasteiger partial charge in [0.05, 0.1) is 11.0 Å². The molecule has 6 nitrogen and oxygen atoms in total. The number of hydrogen-bond acceptors (Lipinski definition) is 4. The summed E-state index contributed by atoms with van der Waals surface area (Å²) in [5.41, 5.74) is 1.62. The molecule has 0 spiro atoms. The molecule has 0 radical (unpaired) electrons. The quantitative estimate of drug-likeness (QED) is 0.835. The molecule has 0 saturated heterocycles. The van der Waals surface area contributed by atoms with Crippen LogP contribution in [0.25, 0.3) is 0 Å². The van der Waals surface area contributed by atoms with Gasteiger partial charge in [-0.15, -0.1) is 0 Å². The van der Waals surface area contributed by atoms with Gasteiger partial charge in [0, 0.05) is 25.7 Å². The minimum atomic E-state index is -3.64. The molecule has 0 fully saturated rings. The van der Waals surface area contributed by atoms with Gasteiger partial charge in [-0.3, -0.25) is 4.79 Å². The van der Waals surface area contributed by atoms with Crippen LogP contribution in [-0.2, 0) is 21.2 Å². The Morgan fingerprint density at radius 2 is 2.19 bits per heavy atom. The van der Waals surface area contributed by atoms with Crippen LogP contribution in [-0.4, -0.2) is 38.6 Å². The maximum atomic E-state index is 12.2. The van der Waals surface area contributed by atoms with E-state index < -0.39 is 16.1 Å². The van der Waals surface area contributed by atoms with Crippen molar-refractivity contribution in [3.05, 3.63) is 23.8 Å². The van der Waals surface area contributed by atoms with Crippen molar-refractivity contribution in [2.45, 2.75) is 37.7 Å². The molecule has 116 valence electrons. The Morgan fingerprint density at radius 3 is 2.81 bits per heavy atom. The number of rotatable bonds is 5. The van der Waals surface area contributed by atoms with Gasteiger partial charge in [-0.2, -0.15) is 0 Å². The Bertz CT molecular complexity index is 642. The number of aliphatic hydroxyl groups is 1. The third-order valence-electron chi connectivity index (χ3n) is 3.62. The number of carbonyl (C=O) groups is 1. The second-order valence-corrected chi connectivity index (χ2v) is 6.89. The molecular weight excluding hydrogens is 292 g/mol. The number of benzene rings is 1. The van der Waals surface area contributed by atoms with Crippen molar-refractivity contribution in [3.63, 3.8) is 0 Å². The lowest BCUT2D eigenvalue weighted by atomic mass is 10.2. The minimum absolute atomic E-state index is 0.00448. The summed E-state index contributed by atoms with van der Waals surface area (Å²) < 4.78 is 26.7. The van der Waals surface area contributed by atoms with E-state index in [1.807, 2.05) is 0 Å². The van der Waals surface area contributed by atoms with Crippen LogP contribution < -0.4 is 9.62 Å². The van der Waals surface area contributed by atoms with Crippen molar-refractivity contribution in [3.8, 4) is 0 Å². The zero-order valence-electron chi connectivity index (χ0n) is 12.2. The molecule has 1 unspecified atom stereocenters. The predicted octanol–water partition coefficient (Wildman–Crippen LogP) is 0.645. The van der Waals surface area contributed by atoms with Gasteiger partial charge < -0.3 is 10.0 Å². The van der Waals surface area contributed by atoms with Crippen LogP contribution in [0.2, 0.25) is 0 Å². The molecule has 1 heterocycles. The average Bonchev–Trinajstić information content (AvgIpc) is 2.87. The highest BCUT2D eigenvalue weighted by atomic mass is 32.2. The highest BCUT2D eigenvalue weighted by Gasteiger charge is 2.24. The first-order chi connectivity index (χ1) is 9.85. The summed E-state index contributed by atoms with van der Waals surface area (Å²) in [6, 6.07) is 4.74. The lowest BCUT2D eigenvalue weighted by molar-refractivity contribution is -0.116. The van der Waals surface area contributed by atoms with E-state index in [0.717, 1.165) is 11.3 Å². The van der Waals surface area contributed by atoms with Crippen LogP contribution in [0.4, 0.5) is 5.69 Å². The molecule has 7 heteroatoms. The summed E-state index contributed by atoms with van der Waals surface area (Å²) in [7, 11) is -3.64. The number of hydrogen-bond donors (Lipinski definition) is 2. The molecule has 1 aromatic rings. The standard InChI is InChI=1S/C14H20N2O4S/c1-3-12(18)9-15-21(19,20)13-4-5-14-11(8-13)6-7-16(14)10(2)17/h4-5,8,12,15,18H,3,6-7,9H2,1-2H3. The van der Waals surface area contributed by atoms with Crippen molar-refractivity contribution in [1.29, 1.82) is 0 Å². The number of nitrogens with one attached hydrogen (secondary N) is 1. The summed E-state index contributed by atoms with van der Waals surface area (Å²) in [6.07, 6.45) is 0.443. The fraction of sp³-hybridized carbons (Fsp3) is 0.500. The van der Waals surface area contributed by atoms with Crippen LogP contribution in [0, 0.1) is 0 Å². The van der Waals surface area contributed by atoms with Gasteiger partial charge >= 0.3 is 0 Å². The Labute approximate surface area is 124 Å². The van der Waals surface area contributed by atoms with Crippen LogP contribution in [0.15, 0.2) is 23.1 Å². The fourth-order valence-corrected chi connectivity index (χ4v) is 3.43. The van der Waals surface area contributed by atoms with Crippen molar-refractivity contribution in [2.75, 3.05) is 18.0 Å². The first-order valence-electron chi connectivity index (χ1n) is 6.94.